The summed E-state index contributed by atoms with van der Waals surface area (Å²) in [6.07, 6.45) is 5.62. The van der Waals surface area contributed by atoms with Crippen LogP contribution in [0.15, 0.2) is 18.2 Å². The number of hydrogen-bond donors (Lipinski definition) is 1. The van der Waals surface area contributed by atoms with Crippen LogP contribution in [0.25, 0.3) is 0 Å². The largest absolute Gasteiger partial charge is 0.495 e. The lowest BCUT2D eigenvalue weighted by Crippen LogP contribution is -2.26. The average molecular weight is 274 g/mol. The van der Waals surface area contributed by atoms with Crippen molar-refractivity contribution in [3.05, 3.63) is 23.8 Å². The molecule has 0 amide bonds. The maximum absolute atomic E-state index is 5.52. The van der Waals surface area contributed by atoms with E-state index in [0.29, 0.717) is 6.04 Å². The monoisotopic (exact) mass is 274 g/mol. The summed E-state index contributed by atoms with van der Waals surface area (Å²) in [4.78, 5) is 2.20. The smallest absolute Gasteiger partial charge is 0.141 e. The Kier molecular flexibility index (Phi) is 3.88. The predicted octanol–water partition coefficient (Wildman–Crippen LogP) is 3.36. The van der Waals surface area contributed by atoms with Crippen LogP contribution < -0.4 is 10.1 Å². The predicted molar refractivity (Wildman–Crippen MR) is 83.2 cm³/mol. The van der Waals surface area contributed by atoms with Gasteiger partial charge in [-0.2, -0.15) is 0 Å². The molecule has 0 aliphatic heterocycles. The quantitative estimate of drug-likeness (QED) is 0.891. The first-order valence-electron chi connectivity index (χ1n) is 7.74. The van der Waals surface area contributed by atoms with E-state index >= 15 is 0 Å². The first-order chi connectivity index (χ1) is 9.65. The van der Waals surface area contributed by atoms with Gasteiger partial charge in [0.2, 0.25) is 0 Å². The first-order valence-corrected chi connectivity index (χ1v) is 7.74. The normalized spacial score (nSPS) is 28.1. The third-order valence-electron chi connectivity index (χ3n) is 4.84. The molecular weight excluding hydrogens is 248 g/mol. The number of hydrogen-bond acceptors (Lipinski definition) is 3. The van der Waals surface area contributed by atoms with Crippen LogP contribution in [-0.2, 0) is 6.54 Å². The molecule has 0 saturated heterocycles. The molecule has 3 atom stereocenters. The van der Waals surface area contributed by atoms with E-state index in [0.717, 1.165) is 24.1 Å². The lowest BCUT2D eigenvalue weighted by molar-refractivity contribution is 0.398. The summed E-state index contributed by atoms with van der Waals surface area (Å²) >= 11 is 0. The van der Waals surface area contributed by atoms with Crippen LogP contribution >= 0.6 is 0 Å². The fraction of sp³-hybridized carbons (Fsp3) is 0.647. The Hall–Kier alpha value is -1.22. The molecule has 3 rings (SSSR count). The van der Waals surface area contributed by atoms with Crippen molar-refractivity contribution in [2.75, 3.05) is 26.5 Å². The summed E-state index contributed by atoms with van der Waals surface area (Å²) in [6.45, 7) is 0.968. The zero-order valence-corrected chi connectivity index (χ0v) is 12.9. The maximum atomic E-state index is 5.52. The molecule has 2 aliphatic rings. The Morgan fingerprint density at radius 3 is 2.70 bits per heavy atom. The molecule has 110 valence electrons. The fourth-order valence-corrected chi connectivity index (χ4v) is 3.95. The van der Waals surface area contributed by atoms with Crippen LogP contribution in [0.3, 0.4) is 0 Å². The SMILES string of the molecule is COc1ccc(CN(C)C)cc1NC1CC2CCC1C2. The van der Waals surface area contributed by atoms with E-state index in [1.807, 2.05) is 0 Å². The van der Waals surface area contributed by atoms with Gasteiger partial charge in [0.1, 0.15) is 5.75 Å². The molecule has 20 heavy (non-hydrogen) atoms. The number of anilines is 1. The summed E-state index contributed by atoms with van der Waals surface area (Å²) in [7, 11) is 5.97. The Labute approximate surface area is 122 Å². The number of rotatable bonds is 5. The van der Waals surface area contributed by atoms with Gasteiger partial charge in [-0.1, -0.05) is 12.5 Å². The molecule has 1 aromatic carbocycles. The number of nitrogens with zero attached hydrogens (tertiary/aromatic N) is 1. The minimum absolute atomic E-state index is 0.650. The Morgan fingerprint density at radius 2 is 2.10 bits per heavy atom. The van der Waals surface area contributed by atoms with Crippen LogP contribution in [0.1, 0.15) is 31.2 Å². The van der Waals surface area contributed by atoms with Gasteiger partial charge in [-0.25, -0.2) is 0 Å². The number of ether oxygens (including phenoxy) is 1. The minimum Gasteiger partial charge on any atom is -0.495 e. The Morgan fingerprint density at radius 1 is 1.25 bits per heavy atom. The third-order valence-corrected chi connectivity index (χ3v) is 4.84. The van der Waals surface area contributed by atoms with E-state index in [4.69, 9.17) is 4.74 Å². The number of benzene rings is 1. The van der Waals surface area contributed by atoms with Crippen LogP contribution in [0.2, 0.25) is 0 Å². The summed E-state index contributed by atoms with van der Waals surface area (Å²) in [5, 5.41) is 3.76. The molecule has 0 heterocycles. The molecule has 1 N–H and O–H groups in total. The van der Waals surface area contributed by atoms with Crippen LogP contribution in [0.5, 0.6) is 5.75 Å². The van der Waals surface area contributed by atoms with E-state index < -0.39 is 0 Å². The van der Waals surface area contributed by atoms with Gasteiger partial charge in [-0.05, 0) is 62.9 Å². The van der Waals surface area contributed by atoms with Crippen molar-refractivity contribution in [1.29, 1.82) is 0 Å². The van der Waals surface area contributed by atoms with Gasteiger partial charge in [0.15, 0.2) is 0 Å². The topological polar surface area (TPSA) is 24.5 Å². The van der Waals surface area contributed by atoms with E-state index in [2.05, 4.69) is 42.5 Å². The van der Waals surface area contributed by atoms with Gasteiger partial charge in [0, 0.05) is 12.6 Å². The molecule has 3 nitrogen and oxygen atoms in total. The zero-order valence-electron chi connectivity index (χ0n) is 12.9. The summed E-state index contributed by atoms with van der Waals surface area (Å²) in [5.41, 5.74) is 2.51. The van der Waals surface area contributed by atoms with Crippen molar-refractivity contribution in [2.45, 2.75) is 38.3 Å². The Balaban J connectivity index is 1.76. The second-order valence-corrected chi connectivity index (χ2v) is 6.70. The molecule has 1 aromatic rings. The molecule has 2 bridgehead atoms. The molecule has 3 unspecified atom stereocenters. The van der Waals surface area contributed by atoms with Crippen molar-refractivity contribution in [2.24, 2.45) is 11.8 Å². The average Bonchev–Trinajstić information content (AvgIpc) is 3.00. The summed E-state index contributed by atoms with van der Waals surface area (Å²) < 4.78 is 5.52. The van der Waals surface area contributed by atoms with E-state index in [1.165, 1.54) is 36.9 Å². The Bertz CT molecular complexity index is 472. The highest BCUT2D eigenvalue weighted by atomic mass is 16.5. The van der Waals surface area contributed by atoms with Gasteiger partial charge in [0.05, 0.1) is 12.8 Å². The molecular formula is C17H26N2O. The molecule has 2 fully saturated rings. The minimum atomic E-state index is 0.650. The maximum Gasteiger partial charge on any atom is 0.141 e. The van der Waals surface area contributed by atoms with E-state index in [1.54, 1.807) is 7.11 Å². The fourth-order valence-electron chi connectivity index (χ4n) is 3.95. The lowest BCUT2D eigenvalue weighted by Gasteiger charge is -2.25. The summed E-state index contributed by atoms with van der Waals surface area (Å²) in [6, 6.07) is 7.15. The molecule has 0 spiro atoms. The van der Waals surface area contributed by atoms with Gasteiger partial charge in [-0.3, -0.25) is 0 Å². The standard InChI is InChI=1S/C17H26N2O/c1-19(2)11-13-5-7-17(20-3)16(10-13)18-15-9-12-4-6-14(15)8-12/h5,7,10,12,14-15,18H,4,6,8-9,11H2,1-3H3. The second-order valence-electron chi connectivity index (χ2n) is 6.70. The van der Waals surface area contributed by atoms with Gasteiger partial charge in [0.25, 0.3) is 0 Å². The number of methoxy groups -OCH3 is 1. The van der Waals surface area contributed by atoms with E-state index in [-0.39, 0.29) is 0 Å². The highest BCUT2D eigenvalue weighted by Gasteiger charge is 2.39. The summed E-state index contributed by atoms with van der Waals surface area (Å²) in [5.74, 6) is 2.81. The van der Waals surface area contributed by atoms with Crippen molar-refractivity contribution in [3.63, 3.8) is 0 Å². The highest BCUT2D eigenvalue weighted by molar-refractivity contribution is 5.59. The molecule has 0 radical (unpaired) electrons. The van der Waals surface area contributed by atoms with Crippen LogP contribution in [-0.4, -0.2) is 32.1 Å². The van der Waals surface area contributed by atoms with Crippen molar-refractivity contribution in [1.82, 2.24) is 4.90 Å². The highest BCUT2D eigenvalue weighted by Crippen LogP contribution is 2.46. The first kappa shape index (κ1) is 13.7. The third kappa shape index (κ3) is 2.78. The zero-order chi connectivity index (χ0) is 14.1. The van der Waals surface area contributed by atoms with Gasteiger partial charge in [-0.15, -0.1) is 0 Å². The van der Waals surface area contributed by atoms with E-state index in [9.17, 15) is 0 Å². The van der Waals surface area contributed by atoms with Crippen LogP contribution in [0, 0.1) is 11.8 Å². The molecule has 3 heteroatoms. The van der Waals surface area contributed by atoms with Crippen LogP contribution in [0.4, 0.5) is 5.69 Å². The van der Waals surface area contributed by atoms with Crippen molar-refractivity contribution in [3.8, 4) is 5.75 Å². The number of fused-ring (bicyclic) bond motifs is 2. The molecule has 0 aromatic heterocycles. The number of nitrogens with one attached hydrogen (secondary N) is 1. The lowest BCUT2D eigenvalue weighted by atomic mass is 9.95. The molecule has 2 saturated carbocycles. The van der Waals surface area contributed by atoms with Gasteiger partial charge < -0.3 is 15.0 Å². The second kappa shape index (κ2) is 5.65. The van der Waals surface area contributed by atoms with Crippen molar-refractivity contribution >= 4 is 5.69 Å². The molecule has 2 aliphatic carbocycles. The van der Waals surface area contributed by atoms with Gasteiger partial charge >= 0.3 is 0 Å². The van der Waals surface area contributed by atoms with Crippen molar-refractivity contribution < 1.29 is 4.74 Å².